The molecule has 1 aliphatic carbocycles. The Hall–Kier alpha value is -4.70. The first-order valence-corrected chi connectivity index (χ1v) is 24.5. The maximum absolute atomic E-state index is 14.0. The molecule has 4 aliphatic rings. The molecule has 0 radical (unpaired) electrons. The van der Waals surface area contributed by atoms with Crippen LogP contribution in [0.5, 0.6) is 0 Å². The SMILES string of the molecule is CC1(C)CCC(CN2CCN(c3ccc(C(=O)NS(=O)(=O)c4ccc(NC5CCN(C6CCOCC6)CC5)c([N+](=O)[O-])c4)c(Nc4ccccc4Cl)c3)CC2)=C(c2ccc(Cl)cc2)C1. The van der Waals surface area contributed by atoms with Crippen LogP contribution in [0.4, 0.5) is 28.4 Å². The number of nitrogens with one attached hydrogen (secondary N) is 3. The number of nitrogens with zero attached hydrogens (tertiary/aromatic N) is 4. The lowest BCUT2D eigenvalue weighted by atomic mass is 9.72. The topological polar surface area (TPSA) is 149 Å². The van der Waals surface area contributed by atoms with Crippen LogP contribution in [-0.2, 0) is 14.8 Å². The average molecular weight is 931 g/mol. The Morgan fingerprint density at radius 3 is 2.28 bits per heavy atom. The number of nitro benzene ring substituents is 1. The van der Waals surface area contributed by atoms with Gasteiger partial charge >= 0.3 is 0 Å². The summed E-state index contributed by atoms with van der Waals surface area (Å²) < 4.78 is 35.3. The van der Waals surface area contributed by atoms with E-state index in [4.69, 9.17) is 27.9 Å². The fourth-order valence-electron chi connectivity index (χ4n) is 9.50. The molecule has 0 bridgehead atoms. The van der Waals surface area contributed by atoms with Gasteiger partial charge < -0.3 is 25.2 Å². The predicted octanol–water partition coefficient (Wildman–Crippen LogP) is 9.61. The normalized spacial score (nSPS) is 19.3. The van der Waals surface area contributed by atoms with Crippen molar-refractivity contribution < 1.29 is 22.9 Å². The van der Waals surface area contributed by atoms with Crippen LogP contribution in [0.3, 0.4) is 0 Å². The summed E-state index contributed by atoms with van der Waals surface area (Å²) in [6.07, 6.45) is 6.82. The highest BCUT2D eigenvalue weighted by Gasteiger charge is 2.32. The van der Waals surface area contributed by atoms with Gasteiger partial charge in [0.1, 0.15) is 5.69 Å². The van der Waals surface area contributed by atoms with E-state index in [0.29, 0.717) is 22.4 Å². The fourth-order valence-corrected chi connectivity index (χ4v) is 10.8. The lowest BCUT2D eigenvalue weighted by Gasteiger charge is -2.39. The first-order chi connectivity index (χ1) is 30.7. The number of amides is 1. The van der Waals surface area contributed by atoms with Gasteiger partial charge in [0.15, 0.2) is 0 Å². The van der Waals surface area contributed by atoms with E-state index in [1.54, 1.807) is 24.3 Å². The third-order valence-electron chi connectivity index (χ3n) is 13.2. The number of piperazine rings is 1. The third kappa shape index (κ3) is 11.0. The van der Waals surface area contributed by atoms with E-state index in [1.807, 2.05) is 30.3 Å². The largest absolute Gasteiger partial charge is 0.381 e. The van der Waals surface area contributed by atoms with E-state index < -0.39 is 25.7 Å². The molecular formula is C48H57Cl2N7O6S. The number of benzene rings is 4. The van der Waals surface area contributed by atoms with Crippen molar-refractivity contribution in [3.63, 3.8) is 0 Å². The van der Waals surface area contributed by atoms with Gasteiger partial charge in [-0.3, -0.25) is 19.8 Å². The molecule has 64 heavy (non-hydrogen) atoms. The summed E-state index contributed by atoms with van der Waals surface area (Å²) in [5.74, 6) is -0.896. The number of piperidine rings is 1. The van der Waals surface area contributed by atoms with Crippen molar-refractivity contribution >= 4 is 73.1 Å². The Kier molecular flexibility index (Phi) is 14.2. The molecule has 3 saturated heterocycles. The highest BCUT2D eigenvalue weighted by Crippen LogP contribution is 2.43. The predicted molar refractivity (Wildman–Crippen MR) is 256 cm³/mol. The van der Waals surface area contributed by atoms with Crippen LogP contribution in [0, 0.1) is 15.5 Å². The Balaban J connectivity index is 0.960. The van der Waals surface area contributed by atoms with Crippen molar-refractivity contribution in [3.05, 3.63) is 122 Å². The van der Waals surface area contributed by atoms with Gasteiger partial charge in [-0.1, -0.05) is 66.9 Å². The molecule has 0 unspecified atom stereocenters. The number of nitro groups is 1. The van der Waals surface area contributed by atoms with Gasteiger partial charge in [-0.25, -0.2) is 13.1 Å². The number of para-hydroxylation sites is 1. The number of likely N-dealkylation sites (tertiary alicyclic amines) is 1. The van der Waals surface area contributed by atoms with Gasteiger partial charge in [-0.15, -0.1) is 0 Å². The number of ether oxygens (including phenoxy) is 1. The molecule has 3 fully saturated rings. The van der Waals surface area contributed by atoms with Crippen LogP contribution >= 0.6 is 23.2 Å². The van der Waals surface area contributed by atoms with E-state index in [0.717, 1.165) is 121 Å². The molecule has 3 N–H and O–H groups in total. The zero-order valence-corrected chi connectivity index (χ0v) is 38.8. The maximum Gasteiger partial charge on any atom is 0.293 e. The number of hydrogen-bond acceptors (Lipinski definition) is 11. The van der Waals surface area contributed by atoms with Crippen LogP contribution < -0.4 is 20.3 Å². The molecule has 13 nitrogen and oxygen atoms in total. The monoisotopic (exact) mass is 929 g/mol. The van der Waals surface area contributed by atoms with Crippen molar-refractivity contribution in [2.45, 2.75) is 75.8 Å². The molecule has 8 rings (SSSR count). The molecule has 0 spiro atoms. The van der Waals surface area contributed by atoms with Crippen molar-refractivity contribution in [1.29, 1.82) is 0 Å². The Morgan fingerprint density at radius 2 is 1.58 bits per heavy atom. The van der Waals surface area contributed by atoms with Crippen molar-refractivity contribution in [3.8, 4) is 0 Å². The van der Waals surface area contributed by atoms with E-state index in [9.17, 15) is 23.3 Å². The zero-order valence-electron chi connectivity index (χ0n) is 36.5. The fraction of sp³-hybridized carbons (Fsp3) is 0.438. The number of hydrogen-bond donors (Lipinski definition) is 3. The number of allylic oxidation sites excluding steroid dienone is 1. The van der Waals surface area contributed by atoms with E-state index in [1.165, 1.54) is 28.8 Å². The molecule has 3 heterocycles. The van der Waals surface area contributed by atoms with Gasteiger partial charge in [0.05, 0.1) is 31.8 Å². The molecule has 1 amide bonds. The second-order valence-electron chi connectivity index (χ2n) is 18.2. The molecular weight excluding hydrogens is 874 g/mol. The number of carbonyl (C=O) groups excluding carboxylic acids is 1. The quantitative estimate of drug-likeness (QED) is 0.0870. The summed E-state index contributed by atoms with van der Waals surface area (Å²) >= 11 is 12.8. The highest BCUT2D eigenvalue weighted by atomic mass is 35.5. The lowest BCUT2D eigenvalue weighted by Crippen LogP contribution is -2.47. The molecule has 0 saturated carbocycles. The molecule has 4 aromatic rings. The van der Waals surface area contributed by atoms with Crippen molar-refractivity contribution in [2.24, 2.45) is 5.41 Å². The molecule has 0 aromatic heterocycles. The lowest BCUT2D eigenvalue weighted by molar-refractivity contribution is -0.384. The van der Waals surface area contributed by atoms with E-state index >= 15 is 0 Å². The summed E-state index contributed by atoms with van der Waals surface area (Å²) in [5, 5.41) is 20.0. The summed E-state index contributed by atoms with van der Waals surface area (Å²) in [7, 11) is -4.54. The molecule has 16 heteroatoms. The zero-order chi connectivity index (χ0) is 45.0. The van der Waals surface area contributed by atoms with E-state index in [-0.39, 0.29) is 28.4 Å². The first-order valence-electron chi connectivity index (χ1n) is 22.2. The molecule has 340 valence electrons. The van der Waals surface area contributed by atoms with E-state index in [2.05, 4.69) is 56.0 Å². The second kappa shape index (κ2) is 19.8. The summed E-state index contributed by atoms with van der Waals surface area (Å²) in [6, 6.07) is 24.7. The van der Waals surface area contributed by atoms with Gasteiger partial charge in [0.2, 0.25) is 0 Å². The molecule has 4 aromatic carbocycles. The summed E-state index contributed by atoms with van der Waals surface area (Å²) in [5.41, 5.74) is 6.04. The minimum absolute atomic E-state index is 0.00571. The second-order valence-corrected chi connectivity index (χ2v) is 20.7. The van der Waals surface area contributed by atoms with Gasteiger partial charge in [0, 0.05) is 87.9 Å². The highest BCUT2D eigenvalue weighted by molar-refractivity contribution is 7.90. The minimum Gasteiger partial charge on any atom is -0.381 e. The summed E-state index contributed by atoms with van der Waals surface area (Å²) in [6.45, 7) is 12.0. The first kappa shape index (κ1) is 45.9. The average Bonchev–Trinajstić information content (AvgIpc) is 3.28. The van der Waals surface area contributed by atoms with Crippen LogP contribution in [0.1, 0.15) is 74.7 Å². The Bertz CT molecular complexity index is 2480. The van der Waals surface area contributed by atoms with Gasteiger partial charge in [-0.2, -0.15) is 0 Å². The number of rotatable bonds is 13. The maximum atomic E-state index is 14.0. The van der Waals surface area contributed by atoms with Crippen molar-refractivity contribution in [2.75, 3.05) is 74.6 Å². The van der Waals surface area contributed by atoms with Crippen molar-refractivity contribution in [1.82, 2.24) is 14.5 Å². The number of carbonyl (C=O) groups is 1. The Morgan fingerprint density at radius 1 is 0.859 bits per heavy atom. The minimum atomic E-state index is -4.54. The number of halogens is 2. The van der Waals surface area contributed by atoms with Gasteiger partial charge in [0.25, 0.3) is 21.6 Å². The van der Waals surface area contributed by atoms with Crippen LogP contribution in [0.25, 0.3) is 5.57 Å². The molecule has 3 aliphatic heterocycles. The van der Waals surface area contributed by atoms with Crippen LogP contribution in [0.15, 0.2) is 95.4 Å². The van der Waals surface area contributed by atoms with Crippen LogP contribution in [-0.4, -0.2) is 100 Å². The van der Waals surface area contributed by atoms with Gasteiger partial charge in [-0.05, 0) is 116 Å². The Labute approximate surface area is 386 Å². The summed E-state index contributed by atoms with van der Waals surface area (Å²) in [4.78, 5) is 32.5. The number of anilines is 4. The number of sulfonamides is 1. The smallest absolute Gasteiger partial charge is 0.293 e. The third-order valence-corrected chi connectivity index (χ3v) is 15.1. The molecule has 0 atom stereocenters. The van der Waals surface area contributed by atoms with Crippen LogP contribution in [0.2, 0.25) is 10.0 Å². The standard InChI is InChI=1S/C48H57Cl2N7O6S/c1-48(2)20-15-34(41(31-48)33-7-9-35(49)10-8-33)32-54-23-25-56(26-24-54)38-11-13-40(45(29-38)52-43-6-4-3-5-42(43)50)47(58)53-64(61,62)39-12-14-44(46(30-39)57(59)60)51-36-16-21-55(22-17-36)37-18-27-63-28-19-37/h3-14,29-30,36-37,51-52H,15-28,31-32H2,1-2H3,(H,53,58).